The molecule has 0 unspecified atom stereocenters. The van der Waals surface area contributed by atoms with Crippen molar-refractivity contribution in [2.45, 2.75) is 54.9 Å². The first-order valence-corrected chi connectivity index (χ1v) is 11.7. The third-order valence-electron chi connectivity index (χ3n) is 7.82. The topological polar surface area (TPSA) is 183 Å². The van der Waals surface area contributed by atoms with E-state index in [-0.39, 0.29) is 11.7 Å². The van der Waals surface area contributed by atoms with Crippen LogP contribution < -0.4 is 9.47 Å². The van der Waals surface area contributed by atoms with E-state index in [4.69, 9.17) is 29.2 Å². The van der Waals surface area contributed by atoms with Gasteiger partial charge < -0.3 is 39.7 Å². The van der Waals surface area contributed by atoms with E-state index in [0.29, 0.717) is 37.3 Å². The van der Waals surface area contributed by atoms with Gasteiger partial charge in [-0.05, 0) is 37.6 Å². The van der Waals surface area contributed by atoms with Gasteiger partial charge in [0, 0.05) is 24.4 Å². The van der Waals surface area contributed by atoms with Gasteiger partial charge >= 0.3 is 24.1 Å². The number of carboxylic acids is 2. The number of allylic oxidation sites excluding steroid dienone is 1. The Bertz CT molecular complexity index is 1230. The van der Waals surface area contributed by atoms with E-state index in [9.17, 15) is 38.1 Å². The van der Waals surface area contributed by atoms with Gasteiger partial charge in [-0.2, -0.15) is 13.2 Å². The summed E-state index contributed by atoms with van der Waals surface area (Å²) in [7, 11) is 3.42. The molecule has 2 aliphatic carbocycles. The van der Waals surface area contributed by atoms with Crippen molar-refractivity contribution < 1.29 is 67.3 Å². The summed E-state index contributed by atoms with van der Waals surface area (Å²) in [4.78, 5) is 34.2. The van der Waals surface area contributed by atoms with Crippen molar-refractivity contribution in [1.29, 1.82) is 0 Å². The molecule has 39 heavy (non-hydrogen) atoms. The molecule has 1 aromatic rings. The number of rotatable bonds is 5. The zero-order chi connectivity index (χ0) is 29.1. The highest BCUT2D eigenvalue weighted by Crippen LogP contribution is 2.65. The van der Waals surface area contributed by atoms with Gasteiger partial charge in [-0.3, -0.25) is 4.90 Å². The summed E-state index contributed by atoms with van der Waals surface area (Å²) in [6, 6.07) is 3.70. The first-order valence-electron chi connectivity index (χ1n) is 11.7. The number of carbonyl (C=O) groups excluding carboxylic acids is 1. The molecule has 4 aliphatic rings. The predicted molar refractivity (Wildman–Crippen MR) is 121 cm³/mol. The first-order chi connectivity index (χ1) is 18.1. The number of alkyl halides is 3. The second-order valence-electron chi connectivity index (χ2n) is 9.74. The van der Waals surface area contributed by atoms with E-state index in [2.05, 4.69) is 0 Å². The number of piperidine rings is 1. The molecule has 1 aromatic carbocycles. The molecule has 214 valence electrons. The maximum atomic E-state index is 12.4. The zero-order valence-electron chi connectivity index (χ0n) is 20.6. The lowest BCUT2D eigenvalue weighted by molar-refractivity contribution is -0.205. The quantitative estimate of drug-likeness (QED) is 0.308. The molecule has 2 heterocycles. The van der Waals surface area contributed by atoms with Crippen LogP contribution in [0.4, 0.5) is 13.2 Å². The largest absolute Gasteiger partial charge is 0.493 e. The van der Waals surface area contributed by atoms with Crippen LogP contribution in [-0.4, -0.2) is 99.3 Å². The van der Waals surface area contributed by atoms with Gasteiger partial charge in [0.2, 0.25) is 0 Å². The van der Waals surface area contributed by atoms with Gasteiger partial charge in [-0.1, -0.05) is 6.07 Å². The van der Waals surface area contributed by atoms with Crippen LogP contribution in [0.5, 0.6) is 11.5 Å². The van der Waals surface area contributed by atoms with Gasteiger partial charge in [0.1, 0.15) is 11.5 Å². The van der Waals surface area contributed by atoms with Crippen LogP contribution in [0.2, 0.25) is 0 Å². The van der Waals surface area contributed by atoms with Crippen molar-refractivity contribution in [1.82, 2.24) is 4.90 Å². The smallest absolute Gasteiger partial charge is 0.490 e. The highest BCUT2D eigenvalue weighted by atomic mass is 19.4. The molecule has 0 saturated carbocycles. The first kappa shape index (κ1) is 28.6. The summed E-state index contributed by atoms with van der Waals surface area (Å²) >= 11 is 0. The Labute approximate surface area is 218 Å². The lowest BCUT2D eigenvalue weighted by atomic mass is 9.51. The summed E-state index contributed by atoms with van der Waals surface area (Å²) in [5, 5.41) is 47.2. The van der Waals surface area contributed by atoms with Crippen LogP contribution >= 0.6 is 0 Å². The molecular weight excluding hydrogens is 535 g/mol. The van der Waals surface area contributed by atoms with Crippen molar-refractivity contribution in [2.24, 2.45) is 5.92 Å². The van der Waals surface area contributed by atoms with Gasteiger partial charge in [-0.25, -0.2) is 14.4 Å². The average Bonchev–Trinajstić information content (AvgIpc) is 3.21. The number of carbonyl (C=O) groups is 3. The van der Waals surface area contributed by atoms with Crippen molar-refractivity contribution in [2.75, 3.05) is 20.7 Å². The summed E-state index contributed by atoms with van der Waals surface area (Å²) in [5.74, 6) is -4.82. The zero-order valence-corrected chi connectivity index (χ0v) is 20.6. The molecule has 15 heteroatoms. The second-order valence-corrected chi connectivity index (χ2v) is 9.74. The Hall–Kier alpha value is -3.40. The Morgan fingerprint density at radius 2 is 1.82 bits per heavy atom. The fraction of sp³-hybridized carbons (Fsp3) is 0.542. The van der Waals surface area contributed by atoms with Crippen molar-refractivity contribution in [3.05, 3.63) is 35.1 Å². The third-order valence-corrected chi connectivity index (χ3v) is 7.82. The highest BCUT2D eigenvalue weighted by Gasteiger charge is 2.69. The van der Waals surface area contributed by atoms with E-state index < -0.39 is 53.5 Å². The van der Waals surface area contributed by atoms with Crippen molar-refractivity contribution >= 4 is 17.9 Å². The molecule has 1 spiro atoms. The Morgan fingerprint density at radius 3 is 2.38 bits per heavy atom. The van der Waals surface area contributed by atoms with Crippen LogP contribution in [0, 0.1) is 5.92 Å². The number of halogens is 3. The number of hydrogen-bond donors (Lipinski definition) is 5. The van der Waals surface area contributed by atoms with Gasteiger partial charge in [0.25, 0.3) is 0 Å². The summed E-state index contributed by atoms with van der Waals surface area (Å²) in [6.45, 7) is 0.588. The SMILES string of the molecule is COc1ccc2c3c1O[C@H]1C(OC(=O)[C@H](O)[C@@H](O)C(=O)O)=CC[C@H]4[C@@]31CCN(C)[C@@]4(O)C2.O=C(O)C(F)(F)F. The number of ether oxygens (including phenoxy) is 3. The minimum Gasteiger partial charge on any atom is -0.493 e. The maximum Gasteiger partial charge on any atom is 0.490 e. The summed E-state index contributed by atoms with van der Waals surface area (Å²) < 4.78 is 49.0. The van der Waals surface area contributed by atoms with E-state index in [1.807, 2.05) is 18.0 Å². The number of likely N-dealkylation sites (N-methyl/N-ethyl adjacent to an activating group) is 1. The number of aliphatic carboxylic acids is 2. The summed E-state index contributed by atoms with van der Waals surface area (Å²) in [5.41, 5.74) is 0.0769. The minimum absolute atomic E-state index is 0.126. The van der Waals surface area contributed by atoms with Crippen LogP contribution in [0.1, 0.15) is 24.0 Å². The highest BCUT2D eigenvalue weighted by molar-refractivity contribution is 5.85. The summed E-state index contributed by atoms with van der Waals surface area (Å²) in [6.07, 6.45) is -7.35. The second kappa shape index (κ2) is 9.66. The number of hydrogen-bond acceptors (Lipinski definition) is 10. The monoisotopic (exact) mass is 561 g/mol. The molecule has 5 N–H and O–H groups in total. The van der Waals surface area contributed by atoms with Crippen LogP contribution in [0.3, 0.4) is 0 Å². The average molecular weight is 561 g/mol. The van der Waals surface area contributed by atoms with E-state index in [0.717, 1.165) is 11.1 Å². The number of carboxylic acid groups (broad SMARTS) is 2. The molecule has 1 saturated heterocycles. The van der Waals surface area contributed by atoms with Crippen molar-refractivity contribution in [3.8, 4) is 11.5 Å². The maximum absolute atomic E-state index is 12.4. The molecule has 6 atom stereocenters. The van der Waals surface area contributed by atoms with Gasteiger partial charge in [0.05, 0.1) is 12.5 Å². The fourth-order valence-corrected chi connectivity index (χ4v) is 6.03. The number of likely N-dealkylation sites (tertiary alicyclic amines) is 1. The van der Waals surface area contributed by atoms with Gasteiger partial charge in [-0.15, -0.1) is 0 Å². The number of nitrogens with zero attached hydrogens (tertiary/aromatic N) is 1. The van der Waals surface area contributed by atoms with Crippen LogP contribution in [-0.2, 0) is 31.0 Å². The number of aliphatic hydroxyl groups excluding tert-OH is 2. The lowest BCUT2D eigenvalue weighted by Crippen LogP contribution is -2.70. The van der Waals surface area contributed by atoms with Gasteiger partial charge in [0.15, 0.2) is 29.8 Å². The minimum atomic E-state index is -5.08. The molecular formula is C24H26F3NO11. The Morgan fingerprint density at radius 1 is 1.18 bits per heavy atom. The molecule has 2 aliphatic heterocycles. The normalized spacial score (nSPS) is 29.9. The van der Waals surface area contributed by atoms with Crippen LogP contribution in [0.25, 0.3) is 0 Å². The van der Waals surface area contributed by atoms with E-state index >= 15 is 0 Å². The standard InChI is InChI=1S/C22H25NO9.C2HF3O2/c1-23-8-7-21-13-6-5-12(31-20(28)16(25)15(24)19(26)27)18(21)32-17-11(30-2)4-3-10(14(17)21)9-22(13,23)29;3-2(4,5)1(6)7/h3-5,13,15-16,18,24-25,29H,6-9H2,1-2H3,(H,26,27);(H,6,7)/t13-,15+,16+,18-,21-,22+;/m0./s1. The van der Waals surface area contributed by atoms with Crippen LogP contribution in [0.15, 0.2) is 24.0 Å². The molecule has 0 amide bonds. The number of aliphatic hydroxyl groups is 3. The lowest BCUT2D eigenvalue weighted by Gasteiger charge is -2.60. The molecule has 1 fully saturated rings. The number of benzene rings is 1. The number of esters is 1. The molecule has 5 rings (SSSR count). The predicted octanol–water partition coefficient (Wildman–Crippen LogP) is 0.161. The number of methoxy groups -OCH3 is 1. The molecule has 0 radical (unpaired) electrons. The third kappa shape index (κ3) is 4.38. The Kier molecular flexibility index (Phi) is 7.08. The fourth-order valence-electron chi connectivity index (χ4n) is 6.03. The molecule has 2 bridgehead atoms. The van der Waals surface area contributed by atoms with Crippen molar-refractivity contribution in [3.63, 3.8) is 0 Å². The molecule has 12 nitrogen and oxygen atoms in total. The molecule has 0 aromatic heterocycles. The Balaban J connectivity index is 0.000000448. The van der Waals surface area contributed by atoms with E-state index in [1.165, 1.54) is 7.11 Å². The van der Waals surface area contributed by atoms with E-state index in [1.54, 1.807) is 12.1 Å².